The fraction of sp³-hybridized carbons (Fsp3) is 0.200. The second kappa shape index (κ2) is 9.09. The van der Waals surface area contributed by atoms with E-state index >= 15 is 0 Å². The summed E-state index contributed by atoms with van der Waals surface area (Å²) in [6.45, 7) is 3.97. The van der Waals surface area contributed by atoms with E-state index in [-0.39, 0.29) is 17.3 Å². The number of benzene rings is 3. The molecule has 1 fully saturated rings. The average molecular weight is 448 g/mol. The van der Waals surface area contributed by atoms with Crippen LogP contribution in [0, 0.1) is 11.6 Å². The molecule has 8 heteroatoms. The molecule has 0 saturated carbocycles. The summed E-state index contributed by atoms with van der Waals surface area (Å²) in [4.78, 5) is 22.5. The molecule has 1 amide bonds. The Kier molecular flexibility index (Phi) is 5.85. The normalized spacial score (nSPS) is 14.5. The molecule has 0 aliphatic carbocycles. The smallest absolute Gasteiger partial charge is 0.255 e. The Hall–Kier alpha value is -3.62. The van der Waals surface area contributed by atoms with E-state index < -0.39 is 11.6 Å². The van der Waals surface area contributed by atoms with Crippen LogP contribution in [0.25, 0.3) is 22.4 Å². The van der Waals surface area contributed by atoms with Gasteiger partial charge in [-0.15, -0.1) is 0 Å². The number of carbonyl (C=O) groups is 1. The van der Waals surface area contributed by atoms with Crippen molar-refractivity contribution in [3.05, 3.63) is 83.4 Å². The van der Waals surface area contributed by atoms with E-state index in [1.165, 1.54) is 0 Å². The molecule has 0 spiro atoms. The zero-order valence-corrected chi connectivity index (χ0v) is 17.8. The lowest BCUT2D eigenvalue weighted by Crippen LogP contribution is -2.35. The molecule has 33 heavy (non-hydrogen) atoms. The molecular weight excluding hydrogens is 426 g/mol. The zero-order valence-electron chi connectivity index (χ0n) is 17.8. The highest BCUT2D eigenvalue weighted by Gasteiger charge is 2.14. The van der Waals surface area contributed by atoms with Crippen LogP contribution in [-0.2, 0) is 11.3 Å². The van der Waals surface area contributed by atoms with Crippen LogP contribution in [0.3, 0.4) is 0 Å². The second-order valence-electron chi connectivity index (χ2n) is 7.98. The quantitative estimate of drug-likeness (QED) is 0.469. The van der Waals surface area contributed by atoms with E-state index in [1.807, 2.05) is 18.2 Å². The fourth-order valence-electron chi connectivity index (χ4n) is 3.93. The molecule has 6 nitrogen and oxygen atoms in total. The summed E-state index contributed by atoms with van der Waals surface area (Å²) in [5.74, 6) is -1.12. The lowest BCUT2D eigenvalue weighted by atomic mass is 10.1. The molecule has 1 aliphatic rings. The maximum Gasteiger partial charge on any atom is 0.255 e. The summed E-state index contributed by atoms with van der Waals surface area (Å²) < 4.78 is 33.0. The number of nitrogens with zero attached hydrogens (tertiary/aromatic N) is 2. The predicted molar refractivity (Wildman–Crippen MR) is 122 cm³/mol. The Balaban J connectivity index is 1.33. The number of amides is 1. The van der Waals surface area contributed by atoms with Gasteiger partial charge in [-0.3, -0.25) is 9.69 Å². The molecule has 0 atom stereocenters. The number of aromatic amines is 1. The molecule has 2 heterocycles. The molecule has 1 saturated heterocycles. The van der Waals surface area contributed by atoms with Crippen molar-refractivity contribution in [1.29, 1.82) is 0 Å². The first-order valence-electron chi connectivity index (χ1n) is 10.7. The summed E-state index contributed by atoms with van der Waals surface area (Å²) in [6.07, 6.45) is 0. The summed E-state index contributed by atoms with van der Waals surface area (Å²) in [5, 5.41) is 2.90. The van der Waals surface area contributed by atoms with E-state index in [2.05, 4.69) is 20.2 Å². The minimum atomic E-state index is -0.569. The van der Waals surface area contributed by atoms with Crippen molar-refractivity contribution in [2.45, 2.75) is 6.54 Å². The molecule has 4 aromatic rings. The SMILES string of the molecule is O=C(Nc1ccc2nc(-c3cc(F)ccc3F)[nH]c2c1)c1cccc(CN2CCOCC2)c1. The highest BCUT2D eigenvalue weighted by Crippen LogP contribution is 2.26. The first-order valence-corrected chi connectivity index (χ1v) is 10.7. The van der Waals surface area contributed by atoms with E-state index in [0.29, 0.717) is 22.3 Å². The maximum absolute atomic E-state index is 14.1. The number of carbonyl (C=O) groups excluding carboxylic acids is 1. The Morgan fingerprint density at radius 1 is 1.06 bits per heavy atom. The maximum atomic E-state index is 14.1. The van der Waals surface area contributed by atoms with Crippen molar-refractivity contribution in [2.24, 2.45) is 0 Å². The highest BCUT2D eigenvalue weighted by molar-refractivity contribution is 6.05. The van der Waals surface area contributed by atoms with Gasteiger partial charge in [0.25, 0.3) is 5.91 Å². The van der Waals surface area contributed by atoms with Crippen LogP contribution in [-0.4, -0.2) is 47.1 Å². The Morgan fingerprint density at radius 3 is 2.76 bits per heavy atom. The van der Waals surface area contributed by atoms with Crippen LogP contribution in [0.2, 0.25) is 0 Å². The number of ether oxygens (including phenoxy) is 1. The Bertz CT molecular complexity index is 1320. The third-order valence-electron chi connectivity index (χ3n) is 5.62. The van der Waals surface area contributed by atoms with Crippen LogP contribution in [0.1, 0.15) is 15.9 Å². The van der Waals surface area contributed by atoms with Crippen LogP contribution in [0.4, 0.5) is 14.5 Å². The van der Waals surface area contributed by atoms with E-state index in [1.54, 1.807) is 24.3 Å². The van der Waals surface area contributed by atoms with Crippen molar-refractivity contribution >= 4 is 22.6 Å². The minimum absolute atomic E-state index is 0.0499. The molecule has 2 N–H and O–H groups in total. The second-order valence-corrected chi connectivity index (χ2v) is 7.98. The molecule has 1 aromatic heterocycles. The molecule has 0 bridgehead atoms. The van der Waals surface area contributed by atoms with Gasteiger partial charge in [0.15, 0.2) is 0 Å². The summed E-state index contributed by atoms with van der Waals surface area (Å²) in [6, 6.07) is 15.9. The van der Waals surface area contributed by atoms with Gasteiger partial charge in [0.1, 0.15) is 17.5 Å². The van der Waals surface area contributed by atoms with Gasteiger partial charge in [0, 0.05) is 30.9 Å². The first kappa shape index (κ1) is 21.2. The first-order chi connectivity index (χ1) is 16.0. The number of hydrogen-bond donors (Lipinski definition) is 2. The number of H-pyrrole nitrogens is 1. The number of fused-ring (bicyclic) bond motifs is 1. The molecule has 0 radical (unpaired) electrons. The van der Waals surface area contributed by atoms with Gasteiger partial charge in [-0.05, 0) is 54.1 Å². The monoisotopic (exact) mass is 448 g/mol. The van der Waals surface area contributed by atoms with Gasteiger partial charge in [0.05, 0.1) is 29.8 Å². The van der Waals surface area contributed by atoms with Gasteiger partial charge >= 0.3 is 0 Å². The number of hydrogen-bond acceptors (Lipinski definition) is 4. The standard InChI is InChI=1S/C25H22F2N4O2/c26-18-4-6-21(27)20(13-18)24-29-22-7-5-19(14-23(22)30-24)28-25(32)17-3-1-2-16(12-17)15-31-8-10-33-11-9-31/h1-7,12-14H,8-11,15H2,(H,28,32)(H,29,30). The third-order valence-corrected chi connectivity index (χ3v) is 5.62. The third kappa shape index (κ3) is 4.76. The highest BCUT2D eigenvalue weighted by atomic mass is 19.1. The van der Waals surface area contributed by atoms with Crippen LogP contribution < -0.4 is 5.32 Å². The van der Waals surface area contributed by atoms with Crippen LogP contribution in [0.15, 0.2) is 60.7 Å². The zero-order chi connectivity index (χ0) is 22.8. The number of imidazole rings is 1. The lowest BCUT2D eigenvalue weighted by molar-refractivity contribution is 0.0342. The molecule has 3 aromatic carbocycles. The summed E-state index contributed by atoms with van der Waals surface area (Å²) in [7, 11) is 0. The van der Waals surface area contributed by atoms with Crippen molar-refractivity contribution in [2.75, 3.05) is 31.6 Å². The van der Waals surface area contributed by atoms with Gasteiger partial charge in [-0.1, -0.05) is 12.1 Å². The van der Waals surface area contributed by atoms with E-state index in [9.17, 15) is 13.6 Å². The van der Waals surface area contributed by atoms with Gasteiger partial charge in [0.2, 0.25) is 0 Å². The number of rotatable bonds is 5. The molecular formula is C25H22F2N4O2. The lowest BCUT2D eigenvalue weighted by Gasteiger charge is -2.26. The van der Waals surface area contributed by atoms with Crippen LogP contribution in [0.5, 0.6) is 0 Å². The van der Waals surface area contributed by atoms with E-state index in [0.717, 1.165) is 56.6 Å². The number of aromatic nitrogens is 2. The van der Waals surface area contributed by atoms with Crippen molar-refractivity contribution in [3.63, 3.8) is 0 Å². The molecule has 0 unspecified atom stereocenters. The number of halogens is 2. The Labute approximate surface area is 189 Å². The predicted octanol–water partition coefficient (Wildman–Crippen LogP) is 4.59. The summed E-state index contributed by atoms with van der Waals surface area (Å²) >= 11 is 0. The molecule has 5 rings (SSSR count). The van der Waals surface area contributed by atoms with Crippen LogP contribution >= 0.6 is 0 Å². The van der Waals surface area contributed by atoms with Crippen molar-refractivity contribution in [3.8, 4) is 11.4 Å². The Morgan fingerprint density at radius 2 is 1.91 bits per heavy atom. The number of morpholine rings is 1. The topological polar surface area (TPSA) is 70.2 Å². The fourth-order valence-corrected chi connectivity index (χ4v) is 3.93. The van der Waals surface area contributed by atoms with Gasteiger partial charge in [-0.2, -0.15) is 0 Å². The van der Waals surface area contributed by atoms with E-state index in [4.69, 9.17) is 4.74 Å². The molecule has 1 aliphatic heterocycles. The minimum Gasteiger partial charge on any atom is -0.379 e. The number of anilines is 1. The average Bonchev–Trinajstić information content (AvgIpc) is 3.25. The van der Waals surface area contributed by atoms with Crippen molar-refractivity contribution in [1.82, 2.24) is 14.9 Å². The number of nitrogens with one attached hydrogen (secondary N) is 2. The van der Waals surface area contributed by atoms with Gasteiger partial charge < -0.3 is 15.0 Å². The van der Waals surface area contributed by atoms with Crippen molar-refractivity contribution < 1.29 is 18.3 Å². The largest absolute Gasteiger partial charge is 0.379 e. The summed E-state index contributed by atoms with van der Waals surface area (Å²) in [5.41, 5.74) is 3.44. The molecule has 168 valence electrons. The van der Waals surface area contributed by atoms with Gasteiger partial charge in [-0.25, -0.2) is 13.8 Å².